The van der Waals surface area contributed by atoms with Crippen LogP contribution in [0.1, 0.15) is 31.0 Å². The minimum atomic E-state index is 0.277. The van der Waals surface area contributed by atoms with Crippen molar-refractivity contribution in [1.29, 1.82) is 5.26 Å². The van der Waals surface area contributed by atoms with Crippen molar-refractivity contribution in [3.8, 4) is 17.3 Å². The molecule has 16 heavy (non-hydrogen) atoms. The molecule has 0 aliphatic rings. The maximum Gasteiger partial charge on any atom is 0.110 e. The third-order valence-corrected chi connectivity index (χ3v) is 2.53. The first kappa shape index (κ1) is 10.4. The van der Waals surface area contributed by atoms with Gasteiger partial charge in [0.2, 0.25) is 0 Å². The topological polar surface area (TPSA) is 52.5 Å². The number of hydrogen-bond acceptors (Lipinski definition) is 2. The number of aromatic amines is 1. The fourth-order valence-electron chi connectivity index (χ4n) is 1.69. The second-order valence-corrected chi connectivity index (χ2v) is 3.99. The lowest BCUT2D eigenvalue weighted by Crippen LogP contribution is -1.91. The third kappa shape index (κ3) is 1.70. The summed E-state index contributed by atoms with van der Waals surface area (Å²) in [6.07, 6.45) is 0. The molecule has 2 aromatic rings. The van der Waals surface area contributed by atoms with E-state index in [1.807, 2.05) is 44.2 Å². The van der Waals surface area contributed by atoms with Gasteiger partial charge in [0.1, 0.15) is 17.3 Å². The Balaban J connectivity index is 2.56. The van der Waals surface area contributed by atoms with E-state index in [0.717, 1.165) is 17.0 Å². The van der Waals surface area contributed by atoms with E-state index in [9.17, 15) is 5.26 Å². The van der Waals surface area contributed by atoms with Gasteiger partial charge >= 0.3 is 0 Å². The van der Waals surface area contributed by atoms with Gasteiger partial charge in [-0.05, 0) is 5.92 Å². The molecule has 1 heterocycles. The van der Waals surface area contributed by atoms with E-state index in [1.54, 1.807) is 0 Å². The minimum Gasteiger partial charge on any atom is -0.280 e. The Hall–Kier alpha value is -2.08. The van der Waals surface area contributed by atoms with Crippen molar-refractivity contribution in [2.45, 2.75) is 19.8 Å². The van der Waals surface area contributed by atoms with Crippen LogP contribution in [0.2, 0.25) is 0 Å². The molecule has 80 valence electrons. The average molecular weight is 211 g/mol. The lowest BCUT2D eigenvalue weighted by atomic mass is 10.0. The highest BCUT2D eigenvalue weighted by molar-refractivity contribution is 5.67. The quantitative estimate of drug-likeness (QED) is 0.829. The zero-order chi connectivity index (χ0) is 11.5. The molecule has 3 nitrogen and oxygen atoms in total. The van der Waals surface area contributed by atoms with Gasteiger partial charge < -0.3 is 0 Å². The summed E-state index contributed by atoms with van der Waals surface area (Å²) in [4.78, 5) is 0. The van der Waals surface area contributed by atoms with Gasteiger partial charge in [-0.2, -0.15) is 10.4 Å². The smallest absolute Gasteiger partial charge is 0.110 e. The second kappa shape index (κ2) is 4.19. The zero-order valence-electron chi connectivity index (χ0n) is 9.36. The Kier molecular flexibility index (Phi) is 2.74. The standard InChI is InChI=1S/C13H13N3/c1-9(2)12-11(8-14)13(16-15-12)10-6-4-3-5-7-10/h3-7,9H,1-2H3,(H,15,16). The van der Waals surface area contributed by atoms with Crippen LogP contribution in [-0.4, -0.2) is 10.2 Å². The minimum absolute atomic E-state index is 0.277. The van der Waals surface area contributed by atoms with Gasteiger partial charge in [-0.3, -0.25) is 5.10 Å². The van der Waals surface area contributed by atoms with E-state index >= 15 is 0 Å². The third-order valence-electron chi connectivity index (χ3n) is 2.53. The molecule has 3 heteroatoms. The molecule has 0 fully saturated rings. The van der Waals surface area contributed by atoms with Crippen molar-refractivity contribution >= 4 is 0 Å². The molecule has 0 bridgehead atoms. The van der Waals surface area contributed by atoms with Crippen molar-refractivity contribution < 1.29 is 0 Å². The highest BCUT2D eigenvalue weighted by Gasteiger charge is 2.16. The van der Waals surface area contributed by atoms with Crippen LogP contribution in [0.3, 0.4) is 0 Å². The van der Waals surface area contributed by atoms with Gasteiger partial charge in [0, 0.05) is 5.56 Å². The molecule has 0 aliphatic heterocycles. The van der Waals surface area contributed by atoms with Crippen LogP contribution in [0.4, 0.5) is 0 Å². The van der Waals surface area contributed by atoms with Crippen LogP contribution in [-0.2, 0) is 0 Å². The van der Waals surface area contributed by atoms with Crippen molar-refractivity contribution in [1.82, 2.24) is 10.2 Å². The second-order valence-electron chi connectivity index (χ2n) is 3.99. The Morgan fingerprint density at radius 2 is 1.94 bits per heavy atom. The molecule has 0 saturated heterocycles. The Morgan fingerprint density at radius 3 is 2.50 bits per heavy atom. The molecule has 1 aromatic carbocycles. The summed E-state index contributed by atoms with van der Waals surface area (Å²) in [5.41, 5.74) is 3.27. The van der Waals surface area contributed by atoms with Crippen molar-refractivity contribution in [3.63, 3.8) is 0 Å². The lowest BCUT2D eigenvalue weighted by molar-refractivity contribution is 0.808. The van der Waals surface area contributed by atoms with E-state index in [1.165, 1.54) is 0 Å². The fourth-order valence-corrected chi connectivity index (χ4v) is 1.69. The van der Waals surface area contributed by atoms with E-state index < -0.39 is 0 Å². The molecule has 0 saturated carbocycles. The Morgan fingerprint density at radius 1 is 1.25 bits per heavy atom. The normalized spacial score (nSPS) is 10.4. The van der Waals surface area contributed by atoms with Gasteiger partial charge in [-0.1, -0.05) is 44.2 Å². The summed E-state index contributed by atoms with van der Waals surface area (Å²) in [5.74, 6) is 0.277. The monoisotopic (exact) mass is 211 g/mol. The number of H-pyrrole nitrogens is 1. The lowest BCUT2D eigenvalue weighted by Gasteiger charge is -2.01. The zero-order valence-corrected chi connectivity index (χ0v) is 9.36. The summed E-state index contributed by atoms with van der Waals surface area (Å²) in [6.45, 7) is 4.09. The number of benzene rings is 1. The van der Waals surface area contributed by atoms with Crippen LogP contribution in [0, 0.1) is 11.3 Å². The van der Waals surface area contributed by atoms with Crippen LogP contribution >= 0.6 is 0 Å². The highest BCUT2D eigenvalue weighted by atomic mass is 15.1. The molecule has 0 amide bonds. The number of rotatable bonds is 2. The molecule has 2 rings (SSSR count). The summed E-state index contributed by atoms with van der Waals surface area (Å²) in [5, 5.41) is 16.4. The molecule has 1 aromatic heterocycles. The summed E-state index contributed by atoms with van der Waals surface area (Å²) in [6, 6.07) is 12.0. The Labute approximate surface area is 94.7 Å². The van der Waals surface area contributed by atoms with Crippen LogP contribution in [0.25, 0.3) is 11.3 Å². The first-order valence-corrected chi connectivity index (χ1v) is 5.27. The van der Waals surface area contributed by atoms with Gasteiger partial charge in [0.15, 0.2) is 0 Å². The number of hydrogen-bond donors (Lipinski definition) is 1. The number of nitriles is 1. The van der Waals surface area contributed by atoms with Gasteiger partial charge in [0.25, 0.3) is 0 Å². The number of nitrogens with one attached hydrogen (secondary N) is 1. The average Bonchev–Trinajstić information content (AvgIpc) is 2.73. The molecule has 0 unspecified atom stereocenters. The molecule has 0 atom stereocenters. The van der Waals surface area contributed by atoms with Crippen LogP contribution in [0.15, 0.2) is 30.3 Å². The molecule has 0 radical (unpaired) electrons. The van der Waals surface area contributed by atoms with E-state index in [0.29, 0.717) is 5.56 Å². The van der Waals surface area contributed by atoms with Crippen molar-refractivity contribution in [2.24, 2.45) is 0 Å². The summed E-state index contributed by atoms with van der Waals surface area (Å²) < 4.78 is 0. The molecule has 1 N–H and O–H groups in total. The maximum atomic E-state index is 9.19. The number of nitrogens with zero attached hydrogens (tertiary/aromatic N) is 2. The van der Waals surface area contributed by atoms with Crippen molar-refractivity contribution in [3.05, 3.63) is 41.6 Å². The molecule has 0 aliphatic carbocycles. The van der Waals surface area contributed by atoms with Crippen LogP contribution in [0.5, 0.6) is 0 Å². The van der Waals surface area contributed by atoms with E-state index in [-0.39, 0.29) is 5.92 Å². The molecule has 0 spiro atoms. The predicted octanol–water partition coefficient (Wildman–Crippen LogP) is 3.07. The maximum absolute atomic E-state index is 9.19. The first-order chi connectivity index (χ1) is 7.74. The van der Waals surface area contributed by atoms with Crippen LogP contribution < -0.4 is 0 Å². The van der Waals surface area contributed by atoms with Crippen molar-refractivity contribution in [2.75, 3.05) is 0 Å². The van der Waals surface area contributed by atoms with E-state index in [4.69, 9.17) is 0 Å². The molecular weight excluding hydrogens is 198 g/mol. The SMILES string of the molecule is CC(C)c1[nH]nc(-c2ccccc2)c1C#N. The van der Waals surface area contributed by atoms with Gasteiger partial charge in [-0.25, -0.2) is 0 Å². The largest absolute Gasteiger partial charge is 0.280 e. The van der Waals surface area contributed by atoms with Gasteiger partial charge in [0.05, 0.1) is 5.69 Å². The van der Waals surface area contributed by atoms with E-state index in [2.05, 4.69) is 16.3 Å². The van der Waals surface area contributed by atoms with Gasteiger partial charge in [-0.15, -0.1) is 0 Å². The first-order valence-electron chi connectivity index (χ1n) is 5.27. The molecular formula is C13H13N3. The fraction of sp³-hybridized carbons (Fsp3) is 0.231. The predicted molar refractivity (Wildman–Crippen MR) is 62.8 cm³/mol. The summed E-state index contributed by atoms with van der Waals surface area (Å²) in [7, 11) is 0. The highest BCUT2D eigenvalue weighted by Crippen LogP contribution is 2.26. The number of aromatic nitrogens is 2. The summed E-state index contributed by atoms with van der Waals surface area (Å²) >= 11 is 0. The Bertz CT molecular complexity index is 518.